The van der Waals surface area contributed by atoms with E-state index in [4.69, 9.17) is 23.2 Å². The lowest BCUT2D eigenvalue weighted by atomic mass is 10.0. The van der Waals surface area contributed by atoms with Crippen LogP contribution in [-0.2, 0) is 6.42 Å². The Morgan fingerprint density at radius 3 is 2.35 bits per heavy atom. The first-order chi connectivity index (χ1) is 9.52. The van der Waals surface area contributed by atoms with E-state index in [1.807, 2.05) is 42.2 Å². The van der Waals surface area contributed by atoms with E-state index >= 15 is 0 Å². The number of benzene rings is 1. The number of nitrogens with zero attached hydrogens (tertiary/aromatic N) is 2. The van der Waals surface area contributed by atoms with Gasteiger partial charge in [-0.05, 0) is 39.1 Å². The molecule has 0 aliphatic carbocycles. The van der Waals surface area contributed by atoms with E-state index in [9.17, 15) is 0 Å². The number of likely N-dealkylation sites (N-methyl/N-ethyl adjacent to an activating group) is 1. The molecule has 3 nitrogen and oxygen atoms in total. The predicted octanol–water partition coefficient (Wildman–Crippen LogP) is 4.27. The summed E-state index contributed by atoms with van der Waals surface area (Å²) in [5, 5.41) is 9.20. The Morgan fingerprint density at radius 1 is 1.20 bits per heavy atom. The molecule has 1 N–H and O–H groups in total. The molecule has 1 unspecified atom stereocenters. The van der Waals surface area contributed by atoms with Gasteiger partial charge in [-0.1, -0.05) is 29.3 Å². The lowest BCUT2D eigenvalue weighted by molar-refractivity contribution is 0.515. The largest absolute Gasteiger partial charge is 0.313 e. The predicted molar refractivity (Wildman–Crippen MR) is 84.6 cm³/mol. The van der Waals surface area contributed by atoms with E-state index in [0.29, 0.717) is 16.1 Å². The molecule has 108 valence electrons. The highest BCUT2D eigenvalue weighted by Gasteiger charge is 2.18. The summed E-state index contributed by atoms with van der Waals surface area (Å²) >= 11 is 12.5. The first-order valence-corrected chi connectivity index (χ1v) is 7.43. The second-order valence-electron chi connectivity index (χ2n) is 5.06. The van der Waals surface area contributed by atoms with Crippen LogP contribution in [0.2, 0.25) is 10.0 Å². The van der Waals surface area contributed by atoms with Gasteiger partial charge in [0.05, 0.1) is 5.69 Å². The molecule has 0 saturated heterocycles. The van der Waals surface area contributed by atoms with Crippen LogP contribution < -0.4 is 5.32 Å². The van der Waals surface area contributed by atoms with Crippen molar-refractivity contribution in [3.05, 3.63) is 51.8 Å². The summed E-state index contributed by atoms with van der Waals surface area (Å²) in [6.45, 7) is 4.22. The van der Waals surface area contributed by atoms with Crippen molar-refractivity contribution in [1.82, 2.24) is 15.1 Å². The van der Waals surface area contributed by atoms with E-state index < -0.39 is 0 Å². The monoisotopic (exact) mass is 311 g/mol. The van der Waals surface area contributed by atoms with Gasteiger partial charge >= 0.3 is 0 Å². The van der Waals surface area contributed by atoms with Crippen molar-refractivity contribution in [2.45, 2.75) is 32.4 Å². The molecule has 2 rings (SSSR count). The Labute approximate surface area is 129 Å². The van der Waals surface area contributed by atoms with Crippen LogP contribution in [0.5, 0.6) is 0 Å². The number of rotatable bonds is 5. The summed E-state index contributed by atoms with van der Waals surface area (Å²) in [5.74, 6) is 0. The van der Waals surface area contributed by atoms with Crippen molar-refractivity contribution in [2.24, 2.45) is 0 Å². The van der Waals surface area contributed by atoms with Crippen LogP contribution in [0, 0.1) is 0 Å². The zero-order valence-corrected chi connectivity index (χ0v) is 13.4. The van der Waals surface area contributed by atoms with Gasteiger partial charge in [0, 0.05) is 40.3 Å². The van der Waals surface area contributed by atoms with Crippen LogP contribution in [0.3, 0.4) is 0 Å². The average Bonchev–Trinajstić information content (AvgIpc) is 2.86. The quantitative estimate of drug-likeness (QED) is 0.893. The zero-order valence-electron chi connectivity index (χ0n) is 11.9. The van der Waals surface area contributed by atoms with E-state index in [1.165, 1.54) is 0 Å². The molecule has 5 heteroatoms. The summed E-state index contributed by atoms with van der Waals surface area (Å²) in [6, 6.07) is 8.02. The standard InChI is InChI=1S/C15H19Cl2N3/c1-10(2)20-8-7-11(19-20)9-14(18-3)15-12(16)5-4-6-13(15)17/h4-8,10,14,18H,9H2,1-3H3. The Hall–Kier alpha value is -1.03. The molecule has 0 bridgehead atoms. The number of hydrogen-bond acceptors (Lipinski definition) is 2. The van der Waals surface area contributed by atoms with Crippen LogP contribution in [0.15, 0.2) is 30.5 Å². The van der Waals surface area contributed by atoms with Crippen LogP contribution in [0.1, 0.15) is 37.2 Å². The van der Waals surface area contributed by atoms with Crippen LogP contribution in [0.25, 0.3) is 0 Å². The molecule has 0 fully saturated rings. The van der Waals surface area contributed by atoms with Gasteiger partial charge in [-0.3, -0.25) is 4.68 Å². The molecule has 1 heterocycles. The smallest absolute Gasteiger partial charge is 0.0643 e. The summed E-state index contributed by atoms with van der Waals surface area (Å²) in [6.07, 6.45) is 2.75. The SMILES string of the molecule is CNC(Cc1ccn(C(C)C)n1)c1c(Cl)cccc1Cl. The van der Waals surface area contributed by atoms with Crippen molar-refractivity contribution in [3.63, 3.8) is 0 Å². The van der Waals surface area contributed by atoms with Crippen LogP contribution >= 0.6 is 23.2 Å². The van der Waals surface area contributed by atoms with Crippen LogP contribution in [0.4, 0.5) is 0 Å². The molecule has 0 radical (unpaired) electrons. The highest BCUT2D eigenvalue weighted by molar-refractivity contribution is 6.36. The molecular formula is C15H19Cl2N3. The third-order valence-corrected chi connectivity index (χ3v) is 3.96. The molecule has 0 aliphatic rings. The second kappa shape index (κ2) is 6.61. The average molecular weight is 312 g/mol. The van der Waals surface area contributed by atoms with Crippen molar-refractivity contribution in [2.75, 3.05) is 7.05 Å². The van der Waals surface area contributed by atoms with Gasteiger partial charge in [0.25, 0.3) is 0 Å². The third kappa shape index (κ3) is 3.35. The van der Waals surface area contributed by atoms with Crippen molar-refractivity contribution < 1.29 is 0 Å². The molecule has 20 heavy (non-hydrogen) atoms. The minimum atomic E-state index is 0.0479. The Bertz CT molecular complexity index is 558. The summed E-state index contributed by atoms with van der Waals surface area (Å²) in [7, 11) is 1.91. The van der Waals surface area contributed by atoms with Gasteiger partial charge in [-0.25, -0.2) is 0 Å². The molecule has 0 amide bonds. The molecule has 0 spiro atoms. The van der Waals surface area contributed by atoms with E-state index in [0.717, 1.165) is 17.7 Å². The summed E-state index contributed by atoms with van der Waals surface area (Å²) in [4.78, 5) is 0. The van der Waals surface area contributed by atoms with Crippen molar-refractivity contribution in [1.29, 1.82) is 0 Å². The van der Waals surface area contributed by atoms with Crippen LogP contribution in [-0.4, -0.2) is 16.8 Å². The van der Waals surface area contributed by atoms with Gasteiger partial charge in [0.2, 0.25) is 0 Å². The first kappa shape index (κ1) is 15.4. The maximum atomic E-state index is 6.27. The maximum Gasteiger partial charge on any atom is 0.0643 e. The van der Waals surface area contributed by atoms with Gasteiger partial charge in [-0.2, -0.15) is 5.10 Å². The number of aromatic nitrogens is 2. The lowest BCUT2D eigenvalue weighted by Gasteiger charge is -2.18. The summed E-state index contributed by atoms with van der Waals surface area (Å²) in [5.41, 5.74) is 1.95. The molecule has 1 atom stereocenters. The Morgan fingerprint density at radius 2 is 1.85 bits per heavy atom. The fourth-order valence-corrected chi connectivity index (χ4v) is 2.84. The minimum Gasteiger partial charge on any atom is -0.313 e. The molecule has 2 aromatic rings. The third-order valence-electron chi connectivity index (χ3n) is 3.30. The fourth-order valence-electron chi connectivity index (χ4n) is 2.18. The minimum absolute atomic E-state index is 0.0479. The molecule has 0 saturated carbocycles. The molecule has 1 aromatic carbocycles. The highest BCUT2D eigenvalue weighted by atomic mass is 35.5. The van der Waals surface area contributed by atoms with Gasteiger partial charge in [-0.15, -0.1) is 0 Å². The summed E-state index contributed by atoms with van der Waals surface area (Å²) < 4.78 is 1.95. The number of nitrogens with one attached hydrogen (secondary N) is 1. The number of halogens is 2. The Balaban J connectivity index is 2.24. The molecule has 0 aliphatic heterocycles. The molecular weight excluding hydrogens is 293 g/mol. The van der Waals surface area contributed by atoms with Gasteiger partial charge in [0.1, 0.15) is 0 Å². The maximum absolute atomic E-state index is 6.27. The highest BCUT2D eigenvalue weighted by Crippen LogP contribution is 2.31. The van der Waals surface area contributed by atoms with Gasteiger partial charge < -0.3 is 5.32 Å². The number of hydrogen-bond donors (Lipinski definition) is 1. The van der Waals surface area contributed by atoms with Crippen molar-refractivity contribution in [3.8, 4) is 0 Å². The normalized spacial score (nSPS) is 12.9. The van der Waals surface area contributed by atoms with Crippen molar-refractivity contribution >= 4 is 23.2 Å². The second-order valence-corrected chi connectivity index (χ2v) is 5.88. The topological polar surface area (TPSA) is 29.9 Å². The molecule has 1 aromatic heterocycles. The van der Waals surface area contributed by atoms with E-state index in [1.54, 1.807) is 0 Å². The van der Waals surface area contributed by atoms with E-state index in [2.05, 4.69) is 24.3 Å². The fraction of sp³-hybridized carbons (Fsp3) is 0.400. The lowest BCUT2D eigenvalue weighted by Crippen LogP contribution is -2.20. The Kier molecular flexibility index (Phi) is 5.08. The van der Waals surface area contributed by atoms with E-state index in [-0.39, 0.29) is 6.04 Å². The zero-order chi connectivity index (χ0) is 14.7. The first-order valence-electron chi connectivity index (χ1n) is 6.68. The van der Waals surface area contributed by atoms with Gasteiger partial charge in [0.15, 0.2) is 0 Å².